The molecule has 1 aromatic heterocycles. The minimum absolute atomic E-state index is 0.0433. The average molecular weight is 360 g/mol. The number of hydrogen-bond acceptors (Lipinski definition) is 4. The topological polar surface area (TPSA) is 53.4 Å². The molecule has 0 atom stereocenters. The normalized spacial score (nSPS) is 10.4. The molecule has 0 spiro atoms. The molecule has 0 amide bonds. The quantitative estimate of drug-likeness (QED) is 0.788. The molecule has 1 aromatic carbocycles. The number of ether oxygens (including phenoxy) is 2. The van der Waals surface area contributed by atoms with Crippen LogP contribution in [0.1, 0.15) is 5.56 Å². The zero-order valence-corrected chi connectivity index (χ0v) is 13.2. The van der Waals surface area contributed by atoms with Crippen LogP contribution >= 0.6 is 27.5 Å². The number of halogens is 2. The Balaban J connectivity index is 2.35. The number of benzene rings is 1. The predicted octanol–water partition coefficient (Wildman–Crippen LogP) is 2.72. The van der Waals surface area contributed by atoms with E-state index < -0.39 is 0 Å². The molecule has 0 aliphatic carbocycles. The second-order valence-electron chi connectivity index (χ2n) is 3.97. The van der Waals surface area contributed by atoms with Gasteiger partial charge >= 0.3 is 0 Å². The SMILES string of the molecule is COc1ccc(Cn2cnc(Cl)c(OC)c2=O)cc1Br. The van der Waals surface area contributed by atoms with E-state index in [9.17, 15) is 4.79 Å². The highest BCUT2D eigenvalue weighted by atomic mass is 79.9. The van der Waals surface area contributed by atoms with Crippen molar-refractivity contribution < 1.29 is 9.47 Å². The maximum absolute atomic E-state index is 12.1. The number of hydrogen-bond donors (Lipinski definition) is 0. The third kappa shape index (κ3) is 2.96. The molecule has 1 heterocycles. The van der Waals surface area contributed by atoms with Gasteiger partial charge in [0.1, 0.15) is 5.75 Å². The van der Waals surface area contributed by atoms with Crippen LogP contribution in [0.5, 0.6) is 11.5 Å². The van der Waals surface area contributed by atoms with Gasteiger partial charge in [-0.25, -0.2) is 4.98 Å². The summed E-state index contributed by atoms with van der Waals surface area (Å²) in [5.74, 6) is 0.773. The summed E-state index contributed by atoms with van der Waals surface area (Å²) in [5, 5.41) is 0.0599. The third-order valence-corrected chi connectivity index (χ3v) is 3.62. The first-order chi connectivity index (χ1) is 9.56. The first kappa shape index (κ1) is 14.9. The molecule has 0 radical (unpaired) electrons. The van der Waals surface area contributed by atoms with Crippen molar-refractivity contribution in [2.24, 2.45) is 0 Å². The van der Waals surface area contributed by atoms with E-state index in [2.05, 4.69) is 20.9 Å². The van der Waals surface area contributed by atoms with Gasteiger partial charge in [-0.15, -0.1) is 0 Å². The van der Waals surface area contributed by atoms with E-state index in [0.29, 0.717) is 6.54 Å². The lowest BCUT2D eigenvalue weighted by Gasteiger charge is -2.10. The molecule has 0 bridgehead atoms. The van der Waals surface area contributed by atoms with Crippen LogP contribution in [-0.4, -0.2) is 23.8 Å². The molecule has 0 fully saturated rings. The minimum atomic E-state index is -0.320. The maximum atomic E-state index is 12.1. The first-order valence-electron chi connectivity index (χ1n) is 5.68. The Labute approximate surface area is 129 Å². The molecule has 5 nitrogen and oxygen atoms in total. The van der Waals surface area contributed by atoms with Gasteiger partial charge in [-0.2, -0.15) is 0 Å². The summed E-state index contributed by atoms with van der Waals surface area (Å²) < 4.78 is 12.4. The number of methoxy groups -OCH3 is 2. The predicted molar refractivity (Wildman–Crippen MR) is 79.9 cm³/mol. The fourth-order valence-electron chi connectivity index (χ4n) is 1.74. The summed E-state index contributed by atoms with van der Waals surface area (Å²) in [6.07, 6.45) is 1.39. The Kier molecular flexibility index (Phi) is 4.67. The average Bonchev–Trinajstić information content (AvgIpc) is 2.43. The van der Waals surface area contributed by atoms with E-state index in [1.807, 2.05) is 18.2 Å². The molecule has 2 rings (SSSR count). The van der Waals surface area contributed by atoms with Crippen LogP contribution in [0.25, 0.3) is 0 Å². The Morgan fingerprint density at radius 2 is 2.10 bits per heavy atom. The van der Waals surface area contributed by atoms with Crippen molar-refractivity contribution in [3.8, 4) is 11.5 Å². The van der Waals surface area contributed by atoms with Crippen molar-refractivity contribution in [1.82, 2.24) is 9.55 Å². The lowest BCUT2D eigenvalue weighted by Crippen LogP contribution is -2.22. The smallest absolute Gasteiger partial charge is 0.297 e. The molecule has 0 saturated carbocycles. The van der Waals surface area contributed by atoms with Crippen molar-refractivity contribution in [3.63, 3.8) is 0 Å². The molecule has 0 N–H and O–H groups in total. The number of nitrogens with zero attached hydrogens (tertiary/aromatic N) is 2. The van der Waals surface area contributed by atoms with E-state index in [-0.39, 0.29) is 16.5 Å². The van der Waals surface area contributed by atoms with E-state index in [1.54, 1.807) is 7.11 Å². The van der Waals surface area contributed by atoms with Crippen LogP contribution in [0.15, 0.2) is 33.8 Å². The van der Waals surface area contributed by atoms with Gasteiger partial charge in [0, 0.05) is 0 Å². The summed E-state index contributed by atoms with van der Waals surface area (Å²) in [6, 6.07) is 5.58. The monoisotopic (exact) mass is 358 g/mol. The summed E-state index contributed by atoms with van der Waals surface area (Å²) in [4.78, 5) is 16.0. The summed E-state index contributed by atoms with van der Waals surface area (Å²) in [7, 11) is 2.98. The zero-order chi connectivity index (χ0) is 14.7. The minimum Gasteiger partial charge on any atom is -0.496 e. The standard InChI is InChI=1S/C13H12BrClN2O3/c1-19-10-4-3-8(5-9(10)14)6-17-7-16-12(15)11(20-2)13(17)18/h3-5,7H,6H2,1-2H3. The molecule has 0 unspecified atom stereocenters. The van der Waals surface area contributed by atoms with Gasteiger partial charge in [0.15, 0.2) is 5.15 Å². The van der Waals surface area contributed by atoms with E-state index in [1.165, 1.54) is 18.0 Å². The number of rotatable bonds is 4. The van der Waals surface area contributed by atoms with Crippen LogP contribution in [0.2, 0.25) is 5.15 Å². The van der Waals surface area contributed by atoms with E-state index >= 15 is 0 Å². The van der Waals surface area contributed by atoms with Crippen molar-refractivity contribution in [2.45, 2.75) is 6.54 Å². The van der Waals surface area contributed by atoms with Crippen molar-refractivity contribution >= 4 is 27.5 Å². The van der Waals surface area contributed by atoms with Crippen molar-refractivity contribution in [3.05, 3.63) is 50.1 Å². The summed E-state index contributed by atoms with van der Waals surface area (Å²) in [5.41, 5.74) is 0.602. The Hall–Kier alpha value is -1.53. The second kappa shape index (κ2) is 6.28. The van der Waals surface area contributed by atoms with Crippen LogP contribution in [0.3, 0.4) is 0 Å². The first-order valence-corrected chi connectivity index (χ1v) is 6.85. The van der Waals surface area contributed by atoms with Crippen molar-refractivity contribution in [1.29, 1.82) is 0 Å². The highest BCUT2D eigenvalue weighted by Crippen LogP contribution is 2.25. The van der Waals surface area contributed by atoms with E-state index in [0.717, 1.165) is 15.8 Å². The Morgan fingerprint density at radius 3 is 2.70 bits per heavy atom. The highest BCUT2D eigenvalue weighted by molar-refractivity contribution is 9.10. The molecule has 0 aliphatic rings. The van der Waals surface area contributed by atoms with Gasteiger partial charge in [0.25, 0.3) is 5.56 Å². The largest absolute Gasteiger partial charge is 0.496 e. The van der Waals surface area contributed by atoms with Crippen LogP contribution in [-0.2, 0) is 6.54 Å². The van der Waals surface area contributed by atoms with Crippen LogP contribution < -0.4 is 15.0 Å². The fourth-order valence-corrected chi connectivity index (χ4v) is 2.53. The molecular formula is C13H12BrClN2O3. The molecule has 0 aliphatic heterocycles. The van der Waals surface area contributed by atoms with Gasteiger partial charge in [0.2, 0.25) is 5.75 Å². The molecule has 2 aromatic rings. The zero-order valence-electron chi connectivity index (χ0n) is 10.9. The Morgan fingerprint density at radius 1 is 1.35 bits per heavy atom. The van der Waals surface area contributed by atoms with Gasteiger partial charge in [-0.3, -0.25) is 9.36 Å². The lowest BCUT2D eigenvalue weighted by atomic mass is 10.2. The van der Waals surface area contributed by atoms with Gasteiger partial charge in [0.05, 0.1) is 31.6 Å². The second-order valence-corrected chi connectivity index (χ2v) is 5.18. The third-order valence-electron chi connectivity index (χ3n) is 2.73. The lowest BCUT2D eigenvalue weighted by molar-refractivity contribution is 0.400. The summed E-state index contributed by atoms with van der Waals surface area (Å²) in [6.45, 7) is 0.363. The fraction of sp³-hybridized carbons (Fsp3) is 0.231. The van der Waals surface area contributed by atoms with E-state index in [4.69, 9.17) is 21.1 Å². The molecule has 7 heteroatoms. The van der Waals surface area contributed by atoms with Gasteiger partial charge < -0.3 is 9.47 Å². The molecular weight excluding hydrogens is 348 g/mol. The van der Waals surface area contributed by atoms with Crippen LogP contribution in [0, 0.1) is 0 Å². The summed E-state index contributed by atoms with van der Waals surface area (Å²) >= 11 is 9.20. The molecule has 106 valence electrons. The maximum Gasteiger partial charge on any atom is 0.297 e. The van der Waals surface area contributed by atoms with Crippen LogP contribution in [0.4, 0.5) is 0 Å². The molecule has 0 saturated heterocycles. The van der Waals surface area contributed by atoms with Gasteiger partial charge in [-0.1, -0.05) is 17.7 Å². The molecule has 20 heavy (non-hydrogen) atoms. The highest BCUT2D eigenvalue weighted by Gasteiger charge is 2.11. The van der Waals surface area contributed by atoms with Crippen molar-refractivity contribution in [2.75, 3.05) is 14.2 Å². The number of aromatic nitrogens is 2. The van der Waals surface area contributed by atoms with Gasteiger partial charge in [-0.05, 0) is 33.6 Å². The Bertz CT molecular complexity index is 688.